The molecule has 2 N–H and O–H groups in total. The Bertz CT molecular complexity index is 1120. The van der Waals surface area contributed by atoms with Gasteiger partial charge < -0.3 is 15.0 Å². The minimum Gasteiger partial charge on any atom is -0.480 e. The summed E-state index contributed by atoms with van der Waals surface area (Å²) >= 11 is 0. The van der Waals surface area contributed by atoms with Crippen LogP contribution in [0.3, 0.4) is 0 Å². The SMILES string of the molecule is O=C(O)CN(Cc1ccc(C(F)(F)F)cc1)C(=O)c1cc(=O)[nH]c2ccccc12. The third kappa shape index (κ3) is 4.63. The Hall–Kier alpha value is -3.62. The number of aliphatic carboxylic acids is 1. The predicted octanol–water partition coefficient (Wildman–Crippen LogP) is 3.27. The van der Waals surface area contributed by atoms with E-state index in [9.17, 15) is 27.6 Å². The van der Waals surface area contributed by atoms with E-state index in [1.165, 1.54) is 12.1 Å². The lowest BCUT2D eigenvalue weighted by molar-refractivity contribution is -0.138. The number of aromatic amines is 1. The van der Waals surface area contributed by atoms with Crippen LogP contribution in [0, 0.1) is 0 Å². The third-order valence-electron chi connectivity index (χ3n) is 4.25. The van der Waals surface area contributed by atoms with Gasteiger partial charge in [-0.15, -0.1) is 0 Å². The molecule has 0 spiro atoms. The highest BCUT2D eigenvalue weighted by Crippen LogP contribution is 2.29. The van der Waals surface area contributed by atoms with Crippen molar-refractivity contribution >= 4 is 22.8 Å². The first-order chi connectivity index (χ1) is 13.6. The lowest BCUT2D eigenvalue weighted by Crippen LogP contribution is -2.35. The van der Waals surface area contributed by atoms with Gasteiger partial charge >= 0.3 is 12.1 Å². The summed E-state index contributed by atoms with van der Waals surface area (Å²) in [5.41, 5.74) is -0.637. The van der Waals surface area contributed by atoms with Crippen molar-refractivity contribution in [2.75, 3.05) is 6.54 Å². The van der Waals surface area contributed by atoms with E-state index in [0.29, 0.717) is 16.5 Å². The standard InChI is InChI=1S/C20H15F3N2O4/c21-20(22,23)13-7-5-12(6-8-13)10-25(11-18(27)28)19(29)15-9-17(26)24-16-4-2-1-3-14(15)16/h1-9H,10-11H2,(H,24,26)(H,27,28). The number of hydrogen-bond donors (Lipinski definition) is 2. The molecule has 0 aliphatic rings. The molecule has 6 nitrogen and oxygen atoms in total. The number of pyridine rings is 1. The molecule has 0 aliphatic carbocycles. The normalized spacial score (nSPS) is 11.4. The summed E-state index contributed by atoms with van der Waals surface area (Å²) in [5, 5.41) is 9.60. The van der Waals surface area contributed by atoms with Crippen molar-refractivity contribution in [1.29, 1.82) is 0 Å². The zero-order chi connectivity index (χ0) is 21.2. The summed E-state index contributed by atoms with van der Waals surface area (Å²) in [6.45, 7) is -0.911. The highest BCUT2D eigenvalue weighted by atomic mass is 19.4. The van der Waals surface area contributed by atoms with E-state index in [2.05, 4.69) is 4.98 Å². The van der Waals surface area contributed by atoms with E-state index in [-0.39, 0.29) is 12.1 Å². The quantitative estimate of drug-likeness (QED) is 0.683. The molecule has 1 aromatic heterocycles. The van der Waals surface area contributed by atoms with Crippen molar-refractivity contribution in [3.8, 4) is 0 Å². The number of benzene rings is 2. The van der Waals surface area contributed by atoms with Gasteiger partial charge in [0.25, 0.3) is 5.91 Å². The van der Waals surface area contributed by atoms with E-state index < -0.39 is 35.7 Å². The first kappa shape index (κ1) is 20.1. The van der Waals surface area contributed by atoms with Gasteiger partial charge in [0, 0.05) is 23.5 Å². The molecule has 2 aromatic carbocycles. The molecule has 0 saturated carbocycles. The summed E-state index contributed by atoms with van der Waals surface area (Å²) in [6, 6.07) is 11.7. The van der Waals surface area contributed by atoms with Crippen LogP contribution in [0.2, 0.25) is 0 Å². The maximum absolute atomic E-state index is 13.0. The number of para-hydroxylation sites is 1. The summed E-state index contributed by atoms with van der Waals surface area (Å²) in [5.74, 6) is -2.01. The number of carbonyl (C=O) groups excluding carboxylic acids is 1. The van der Waals surface area contributed by atoms with E-state index >= 15 is 0 Å². The number of fused-ring (bicyclic) bond motifs is 1. The lowest BCUT2D eigenvalue weighted by atomic mass is 10.1. The topological polar surface area (TPSA) is 90.5 Å². The molecule has 0 bridgehead atoms. The van der Waals surface area contributed by atoms with E-state index in [0.717, 1.165) is 23.1 Å². The largest absolute Gasteiger partial charge is 0.480 e. The number of alkyl halides is 3. The number of halogens is 3. The number of H-pyrrole nitrogens is 1. The van der Waals surface area contributed by atoms with Crippen LogP contribution < -0.4 is 5.56 Å². The van der Waals surface area contributed by atoms with Gasteiger partial charge in [0.2, 0.25) is 5.56 Å². The van der Waals surface area contributed by atoms with Crippen LogP contribution in [-0.4, -0.2) is 33.4 Å². The molecule has 0 fully saturated rings. The maximum Gasteiger partial charge on any atom is 0.416 e. The number of amides is 1. The Morgan fingerprint density at radius 1 is 1.03 bits per heavy atom. The lowest BCUT2D eigenvalue weighted by Gasteiger charge is -2.22. The Kier molecular flexibility index (Phi) is 5.40. The second-order valence-electron chi connectivity index (χ2n) is 6.34. The molecular weight excluding hydrogens is 389 g/mol. The zero-order valence-corrected chi connectivity index (χ0v) is 14.9. The number of nitrogens with zero attached hydrogens (tertiary/aromatic N) is 1. The summed E-state index contributed by atoms with van der Waals surface area (Å²) in [7, 11) is 0. The minimum atomic E-state index is -4.50. The van der Waals surface area contributed by atoms with Gasteiger partial charge in [0.1, 0.15) is 6.54 Å². The molecule has 0 saturated heterocycles. The molecule has 150 valence electrons. The Morgan fingerprint density at radius 3 is 2.31 bits per heavy atom. The Balaban J connectivity index is 1.96. The molecule has 0 atom stereocenters. The maximum atomic E-state index is 13.0. The molecule has 0 unspecified atom stereocenters. The first-order valence-electron chi connectivity index (χ1n) is 8.44. The third-order valence-corrected chi connectivity index (χ3v) is 4.25. The van der Waals surface area contributed by atoms with Crippen molar-refractivity contribution in [2.45, 2.75) is 12.7 Å². The van der Waals surface area contributed by atoms with Crippen LogP contribution in [0.5, 0.6) is 0 Å². The second-order valence-corrected chi connectivity index (χ2v) is 6.34. The Morgan fingerprint density at radius 2 is 1.69 bits per heavy atom. The fourth-order valence-corrected chi connectivity index (χ4v) is 2.93. The average Bonchev–Trinajstić information content (AvgIpc) is 2.65. The van der Waals surface area contributed by atoms with Gasteiger partial charge in [-0.2, -0.15) is 13.2 Å². The monoisotopic (exact) mass is 404 g/mol. The van der Waals surface area contributed by atoms with Crippen LogP contribution in [0.1, 0.15) is 21.5 Å². The smallest absolute Gasteiger partial charge is 0.416 e. The minimum absolute atomic E-state index is 0.0116. The Labute approximate surface area is 162 Å². The molecule has 1 amide bonds. The summed E-state index contributed by atoms with van der Waals surface area (Å²) in [4.78, 5) is 39.7. The fraction of sp³-hybridized carbons (Fsp3) is 0.150. The molecule has 3 aromatic rings. The van der Waals surface area contributed by atoms with E-state index in [1.807, 2.05) is 0 Å². The molecule has 0 aliphatic heterocycles. The zero-order valence-electron chi connectivity index (χ0n) is 14.9. The number of aromatic nitrogens is 1. The fourth-order valence-electron chi connectivity index (χ4n) is 2.93. The number of nitrogens with one attached hydrogen (secondary N) is 1. The van der Waals surface area contributed by atoms with Crippen molar-refractivity contribution in [3.63, 3.8) is 0 Å². The highest BCUT2D eigenvalue weighted by Gasteiger charge is 2.30. The second kappa shape index (κ2) is 7.78. The number of rotatable bonds is 5. The van der Waals surface area contributed by atoms with Gasteiger partial charge in [-0.05, 0) is 23.8 Å². The number of carboxylic acid groups (broad SMARTS) is 1. The van der Waals surface area contributed by atoms with Gasteiger partial charge in [0.05, 0.1) is 11.1 Å². The van der Waals surface area contributed by atoms with Gasteiger partial charge in [-0.25, -0.2) is 0 Å². The molecular formula is C20H15F3N2O4. The molecule has 3 rings (SSSR count). The van der Waals surface area contributed by atoms with Crippen LogP contribution >= 0.6 is 0 Å². The molecule has 0 radical (unpaired) electrons. The van der Waals surface area contributed by atoms with Crippen molar-refractivity contribution < 1.29 is 27.9 Å². The van der Waals surface area contributed by atoms with Gasteiger partial charge in [-0.3, -0.25) is 14.4 Å². The van der Waals surface area contributed by atoms with Crippen molar-refractivity contribution in [3.05, 3.63) is 81.6 Å². The van der Waals surface area contributed by atoms with Crippen LogP contribution in [-0.2, 0) is 17.5 Å². The van der Waals surface area contributed by atoms with Crippen LogP contribution in [0.15, 0.2) is 59.4 Å². The van der Waals surface area contributed by atoms with E-state index in [4.69, 9.17) is 5.11 Å². The van der Waals surface area contributed by atoms with Gasteiger partial charge in [0.15, 0.2) is 0 Å². The summed E-state index contributed by atoms with van der Waals surface area (Å²) in [6.07, 6.45) is -4.50. The number of carboxylic acids is 1. The van der Waals surface area contributed by atoms with Crippen LogP contribution in [0.4, 0.5) is 13.2 Å². The van der Waals surface area contributed by atoms with E-state index in [1.54, 1.807) is 24.3 Å². The van der Waals surface area contributed by atoms with Crippen molar-refractivity contribution in [1.82, 2.24) is 9.88 Å². The first-order valence-corrected chi connectivity index (χ1v) is 8.44. The average molecular weight is 404 g/mol. The molecule has 1 heterocycles. The van der Waals surface area contributed by atoms with Crippen LogP contribution in [0.25, 0.3) is 10.9 Å². The number of carbonyl (C=O) groups is 2. The van der Waals surface area contributed by atoms with Crippen molar-refractivity contribution in [2.24, 2.45) is 0 Å². The summed E-state index contributed by atoms with van der Waals surface area (Å²) < 4.78 is 38.1. The highest BCUT2D eigenvalue weighted by molar-refractivity contribution is 6.06. The molecule has 9 heteroatoms. The van der Waals surface area contributed by atoms with Gasteiger partial charge in [-0.1, -0.05) is 30.3 Å². The predicted molar refractivity (Wildman–Crippen MR) is 98.4 cm³/mol. The number of hydrogen-bond acceptors (Lipinski definition) is 3. The molecule has 29 heavy (non-hydrogen) atoms.